The second-order valence-electron chi connectivity index (χ2n) is 13.4. The average Bonchev–Trinajstić information content (AvgIpc) is 3.06. The first-order valence-corrected chi connectivity index (χ1v) is 14.3. The summed E-state index contributed by atoms with van der Waals surface area (Å²) in [6.07, 6.45) is 15.0. The smallest absolute Gasteiger partial charge is 0.346 e. The number of rotatable bonds is 2. The van der Waals surface area contributed by atoms with Gasteiger partial charge in [-0.2, -0.15) is 0 Å². The molecule has 2 bridgehead atoms. The van der Waals surface area contributed by atoms with E-state index in [1.54, 1.807) is 6.92 Å². The molecule has 2 N–H and O–H groups in total. The Morgan fingerprint density at radius 1 is 1.14 bits per heavy atom. The van der Waals surface area contributed by atoms with E-state index in [-0.39, 0.29) is 40.8 Å². The number of Topliss-reactive ketones (excluding diaryl/α,β-unsaturated/α-hetero) is 1. The van der Waals surface area contributed by atoms with Gasteiger partial charge in [0.05, 0.1) is 6.10 Å². The third-order valence-corrected chi connectivity index (χ3v) is 10.8. The molecule has 5 aliphatic rings. The predicted molar refractivity (Wildman–Crippen MR) is 143 cm³/mol. The summed E-state index contributed by atoms with van der Waals surface area (Å²) in [6, 6.07) is 0. The molecule has 0 amide bonds. The van der Waals surface area contributed by atoms with Gasteiger partial charge in [0.15, 0.2) is 5.60 Å². The third kappa shape index (κ3) is 3.82. The van der Waals surface area contributed by atoms with E-state index in [1.165, 1.54) is 0 Å². The van der Waals surface area contributed by atoms with Gasteiger partial charge in [0.2, 0.25) is 5.78 Å². The number of allylic oxidation sites excluding steroid dienone is 6. The predicted octanol–water partition coefficient (Wildman–Crippen LogP) is 6.25. The number of aliphatic hydroxyl groups excluding tert-OH is 2. The van der Waals surface area contributed by atoms with E-state index in [4.69, 9.17) is 4.74 Å². The quantitative estimate of drug-likeness (QED) is 0.262. The average molecular weight is 509 g/mol. The van der Waals surface area contributed by atoms with Crippen LogP contribution >= 0.6 is 0 Å². The lowest BCUT2D eigenvalue weighted by atomic mass is 9.52. The number of ether oxygens (including phenoxy) is 1. The minimum Gasteiger partial charge on any atom is -0.511 e. The van der Waals surface area contributed by atoms with Crippen LogP contribution in [0.25, 0.3) is 0 Å². The van der Waals surface area contributed by atoms with Crippen molar-refractivity contribution in [2.45, 2.75) is 91.8 Å². The van der Waals surface area contributed by atoms with E-state index in [9.17, 15) is 19.8 Å². The molecule has 1 aliphatic heterocycles. The fourth-order valence-electron chi connectivity index (χ4n) is 8.71. The zero-order valence-electron chi connectivity index (χ0n) is 23.3. The van der Waals surface area contributed by atoms with E-state index in [0.717, 1.165) is 24.8 Å². The number of carbonyl (C=O) groups is 2. The van der Waals surface area contributed by atoms with Crippen LogP contribution in [0.2, 0.25) is 0 Å². The molecule has 1 spiro atoms. The summed E-state index contributed by atoms with van der Waals surface area (Å²) in [5.74, 6) is -0.0319. The van der Waals surface area contributed by atoms with Crippen molar-refractivity contribution in [2.75, 3.05) is 0 Å². The highest BCUT2D eigenvalue weighted by molar-refractivity contribution is 6.26. The molecule has 0 aromatic carbocycles. The molecule has 0 aromatic heterocycles. The maximum absolute atomic E-state index is 14.5. The van der Waals surface area contributed by atoms with Gasteiger partial charge in [0.25, 0.3) is 0 Å². The summed E-state index contributed by atoms with van der Waals surface area (Å²) in [4.78, 5) is 28.1. The zero-order chi connectivity index (χ0) is 26.9. The van der Waals surface area contributed by atoms with Crippen molar-refractivity contribution in [3.05, 3.63) is 47.3 Å². The van der Waals surface area contributed by atoms with Crippen molar-refractivity contribution < 1.29 is 24.5 Å². The number of ketones is 1. The van der Waals surface area contributed by atoms with Gasteiger partial charge in [-0.3, -0.25) is 4.79 Å². The lowest BCUT2D eigenvalue weighted by Crippen LogP contribution is -2.54. The molecule has 5 heteroatoms. The Bertz CT molecular complexity index is 1110. The molecule has 1 saturated carbocycles. The van der Waals surface area contributed by atoms with Crippen LogP contribution in [0.4, 0.5) is 0 Å². The number of carbonyl (C=O) groups excluding carboxylic acids is 2. The Kier molecular flexibility index (Phi) is 6.41. The normalized spacial score (nSPS) is 47.2. The highest BCUT2D eigenvalue weighted by Gasteiger charge is 2.66. The first kappa shape index (κ1) is 26.5. The fraction of sp³-hybridized carbons (Fsp3) is 0.688. The summed E-state index contributed by atoms with van der Waals surface area (Å²) in [5, 5.41) is 22.3. The lowest BCUT2D eigenvalue weighted by Gasteiger charge is -2.52. The molecule has 0 aromatic rings. The molecule has 4 aliphatic carbocycles. The highest BCUT2D eigenvalue weighted by atomic mass is 16.6. The Morgan fingerprint density at radius 2 is 1.86 bits per heavy atom. The van der Waals surface area contributed by atoms with Crippen LogP contribution in [0, 0.1) is 46.3 Å². The van der Waals surface area contributed by atoms with Gasteiger partial charge in [-0.1, -0.05) is 70.1 Å². The maximum atomic E-state index is 14.5. The number of hydrogen-bond donors (Lipinski definition) is 2. The molecule has 5 rings (SSSR count). The van der Waals surface area contributed by atoms with Gasteiger partial charge < -0.3 is 14.9 Å². The molecule has 10 atom stereocenters. The molecular formula is C32H44O5. The summed E-state index contributed by atoms with van der Waals surface area (Å²) in [5.41, 5.74) is -1.89. The topological polar surface area (TPSA) is 83.8 Å². The molecule has 0 radical (unpaired) electrons. The van der Waals surface area contributed by atoms with Gasteiger partial charge in [0, 0.05) is 17.3 Å². The maximum Gasteiger partial charge on any atom is 0.346 e. The Labute approximate surface area is 221 Å². The molecule has 37 heavy (non-hydrogen) atoms. The fourth-order valence-corrected chi connectivity index (χ4v) is 8.71. The summed E-state index contributed by atoms with van der Waals surface area (Å²) in [6.45, 7) is 12.3. The van der Waals surface area contributed by atoms with E-state index < -0.39 is 28.5 Å². The van der Waals surface area contributed by atoms with Crippen molar-refractivity contribution in [2.24, 2.45) is 46.3 Å². The molecule has 1 heterocycles. The monoisotopic (exact) mass is 508 g/mol. The van der Waals surface area contributed by atoms with E-state index in [0.29, 0.717) is 31.1 Å². The minimum absolute atomic E-state index is 0.0312. The van der Waals surface area contributed by atoms with Gasteiger partial charge >= 0.3 is 5.97 Å². The standard InChI is InChI=1S/C32H44O5/c1-18-9-11-25-22(14-18)10-12-24-19(2)8-7-13-30(5)16-20(3)23(15-21(4)33)17-32(30)28(35)26(29(36)37-32)27(34)31(24,25)6/h7-8,10,12,16,18-19,21-25,33-34H,9,11,13-15,17H2,1-6H3/b8-7+,27-26?/t18-,19+,21+,22+,23+,24-,25+,30+,31+,32+/m0/s1. The number of esters is 1. The molecule has 2 fully saturated rings. The first-order valence-electron chi connectivity index (χ1n) is 14.3. The minimum atomic E-state index is -1.39. The molecule has 5 nitrogen and oxygen atoms in total. The van der Waals surface area contributed by atoms with Gasteiger partial charge in [-0.05, 0) is 75.0 Å². The van der Waals surface area contributed by atoms with Gasteiger partial charge in [-0.25, -0.2) is 4.79 Å². The highest BCUT2D eigenvalue weighted by Crippen LogP contribution is 2.60. The first-order chi connectivity index (χ1) is 17.3. The molecule has 1 saturated heterocycles. The van der Waals surface area contributed by atoms with Crippen LogP contribution in [-0.2, 0) is 14.3 Å². The zero-order valence-corrected chi connectivity index (χ0v) is 23.3. The van der Waals surface area contributed by atoms with Crippen LogP contribution in [0.15, 0.2) is 47.3 Å². The van der Waals surface area contributed by atoms with E-state index >= 15 is 0 Å². The van der Waals surface area contributed by atoms with Crippen molar-refractivity contribution in [3.63, 3.8) is 0 Å². The number of aliphatic hydroxyl groups is 2. The summed E-state index contributed by atoms with van der Waals surface area (Å²) < 4.78 is 6.15. The van der Waals surface area contributed by atoms with Gasteiger partial charge in [0.1, 0.15) is 11.3 Å². The molecular weight excluding hydrogens is 464 g/mol. The van der Waals surface area contributed by atoms with Crippen LogP contribution in [0.1, 0.15) is 80.1 Å². The number of hydrogen-bond acceptors (Lipinski definition) is 5. The molecule has 0 unspecified atom stereocenters. The molecule has 202 valence electrons. The number of fused-ring (bicyclic) bond motifs is 4. The van der Waals surface area contributed by atoms with Crippen LogP contribution in [0.3, 0.4) is 0 Å². The van der Waals surface area contributed by atoms with Crippen LogP contribution in [0.5, 0.6) is 0 Å². The second kappa shape index (κ2) is 8.97. The van der Waals surface area contributed by atoms with Gasteiger partial charge in [-0.15, -0.1) is 0 Å². The SMILES string of the molecule is CC1=C[C@@]2(C)C/C=C/[C@@H](C)[C@@H]3C=C[C@@H]4C[C@@H](C)CC[C@H]4[C@]3(C)C(O)=C3C(=O)O[C@]2(C[C@H]1C[C@@H](C)O)C3=O. The third-order valence-electron chi connectivity index (χ3n) is 10.8. The van der Waals surface area contributed by atoms with Crippen LogP contribution in [-0.4, -0.2) is 33.7 Å². The Balaban J connectivity index is 1.71. The van der Waals surface area contributed by atoms with E-state index in [1.807, 2.05) is 13.8 Å². The Hall–Kier alpha value is -2.14. The second-order valence-corrected chi connectivity index (χ2v) is 13.4. The lowest BCUT2D eigenvalue weighted by molar-refractivity contribution is -0.166. The van der Waals surface area contributed by atoms with Crippen molar-refractivity contribution in [1.82, 2.24) is 0 Å². The van der Waals surface area contributed by atoms with E-state index in [2.05, 4.69) is 51.2 Å². The van der Waals surface area contributed by atoms with Crippen molar-refractivity contribution >= 4 is 11.8 Å². The summed E-state index contributed by atoms with van der Waals surface area (Å²) in [7, 11) is 0. The Morgan fingerprint density at radius 3 is 2.57 bits per heavy atom. The van der Waals surface area contributed by atoms with Crippen LogP contribution < -0.4 is 0 Å². The summed E-state index contributed by atoms with van der Waals surface area (Å²) >= 11 is 0. The largest absolute Gasteiger partial charge is 0.511 e. The van der Waals surface area contributed by atoms with Crippen molar-refractivity contribution in [1.29, 1.82) is 0 Å². The van der Waals surface area contributed by atoms with Crippen molar-refractivity contribution in [3.8, 4) is 0 Å².